The zero-order valence-corrected chi connectivity index (χ0v) is 19.3. The number of carbonyl (C=O) groups excluding carboxylic acids is 1. The standard InChI is InChI=1S/C25H29N3O3S/c1-25(20-11-5-3-6-12-20,21-13-7-4-8-14-21)24(29)28-15-9-10-19(18-28)16-22-23(17-26-27-22)32(2,30)31/h3-8,11-14,17,19H,9-10,15-16,18H2,1-2H3,(H,26,27). The summed E-state index contributed by atoms with van der Waals surface area (Å²) in [6.45, 7) is 3.29. The average molecular weight is 452 g/mol. The third kappa shape index (κ3) is 4.35. The van der Waals surface area contributed by atoms with Gasteiger partial charge in [0.15, 0.2) is 9.84 Å². The monoisotopic (exact) mass is 451 g/mol. The molecule has 1 amide bonds. The third-order valence-corrected chi connectivity index (χ3v) is 7.66. The fourth-order valence-corrected chi connectivity index (χ4v) is 5.57. The number of amides is 1. The second-order valence-corrected chi connectivity index (χ2v) is 10.8. The number of benzene rings is 2. The van der Waals surface area contributed by atoms with E-state index in [0.717, 1.165) is 24.0 Å². The highest BCUT2D eigenvalue weighted by Crippen LogP contribution is 2.35. The molecule has 2 heterocycles. The van der Waals surface area contributed by atoms with Crippen LogP contribution in [-0.2, 0) is 26.5 Å². The molecule has 168 valence electrons. The summed E-state index contributed by atoms with van der Waals surface area (Å²) < 4.78 is 24.1. The molecule has 1 aromatic heterocycles. The molecule has 0 aliphatic carbocycles. The van der Waals surface area contributed by atoms with Gasteiger partial charge in [-0.15, -0.1) is 0 Å². The Kier molecular flexibility index (Phi) is 6.20. The smallest absolute Gasteiger partial charge is 0.237 e. The minimum absolute atomic E-state index is 0.0764. The van der Waals surface area contributed by atoms with E-state index < -0.39 is 15.3 Å². The van der Waals surface area contributed by atoms with E-state index in [9.17, 15) is 13.2 Å². The minimum atomic E-state index is -3.34. The van der Waals surface area contributed by atoms with Gasteiger partial charge in [0.25, 0.3) is 0 Å². The number of hydrogen-bond acceptors (Lipinski definition) is 4. The van der Waals surface area contributed by atoms with E-state index in [-0.39, 0.29) is 16.7 Å². The average Bonchev–Trinajstić information content (AvgIpc) is 3.28. The maximum absolute atomic E-state index is 14.0. The van der Waals surface area contributed by atoms with E-state index >= 15 is 0 Å². The van der Waals surface area contributed by atoms with Crippen molar-refractivity contribution < 1.29 is 13.2 Å². The van der Waals surface area contributed by atoms with Crippen molar-refractivity contribution in [3.8, 4) is 0 Å². The number of carbonyl (C=O) groups is 1. The molecule has 1 aliphatic rings. The predicted molar refractivity (Wildman–Crippen MR) is 124 cm³/mol. The molecule has 1 atom stereocenters. The molecule has 1 fully saturated rings. The molecular formula is C25H29N3O3S. The van der Waals surface area contributed by atoms with Crippen molar-refractivity contribution in [3.63, 3.8) is 0 Å². The van der Waals surface area contributed by atoms with Gasteiger partial charge in [0, 0.05) is 19.3 Å². The highest BCUT2D eigenvalue weighted by Gasteiger charge is 2.41. The number of sulfone groups is 1. The van der Waals surface area contributed by atoms with E-state index in [1.807, 2.05) is 72.5 Å². The largest absolute Gasteiger partial charge is 0.341 e. The van der Waals surface area contributed by atoms with Crippen molar-refractivity contribution in [2.45, 2.75) is 36.5 Å². The van der Waals surface area contributed by atoms with Gasteiger partial charge in [-0.2, -0.15) is 5.10 Å². The van der Waals surface area contributed by atoms with Crippen LogP contribution in [0.1, 0.15) is 36.6 Å². The highest BCUT2D eigenvalue weighted by atomic mass is 32.2. The molecule has 0 saturated carbocycles. The number of rotatable bonds is 6. The molecule has 0 spiro atoms. The molecule has 6 nitrogen and oxygen atoms in total. The summed E-state index contributed by atoms with van der Waals surface area (Å²) >= 11 is 0. The van der Waals surface area contributed by atoms with Crippen LogP contribution in [0.3, 0.4) is 0 Å². The number of nitrogens with one attached hydrogen (secondary N) is 1. The zero-order chi connectivity index (χ0) is 22.8. The van der Waals surface area contributed by atoms with Gasteiger partial charge in [0.05, 0.1) is 17.3 Å². The number of aromatic amines is 1. The van der Waals surface area contributed by atoms with E-state index in [1.54, 1.807) is 0 Å². The van der Waals surface area contributed by atoms with Crippen LogP contribution in [0, 0.1) is 5.92 Å². The third-order valence-electron chi connectivity index (χ3n) is 6.51. The molecule has 7 heteroatoms. The Morgan fingerprint density at radius 1 is 1.09 bits per heavy atom. The van der Waals surface area contributed by atoms with Crippen LogP contribution in [0.2, 0.25) is 0 Å². The first-order valence-electron chi connectivity index (χ1n) is 10.9. The van der Waals surface area contributed by atoms with E-state index in [1.165, 1.54) is 12.5 Å². The summed E-state index contributed by atoms with van der Waals surface area (Å²) in [6, 6.07) is 19.8. The number of hydrogen-bond donors (Lipinski definition) is 1. The lowest BCUT2D eigenvalue weighted by atomic mass is 9.74. The first-order valence-corrected chi connectivity index (χ1v) is 12.8. The Morgan fingerprint density at radius 3 is 2.25 bits per heavy atom. The maximum Gasteiger partial charge on any atom is 0.237 e. The molecule has 1 aliphatic heterocycles. The molecule has 0 radical (unpaired) electrons. The molecule has 4 rings (SSSR count). The summed E-state index contributed by atoms with van der Waals surface area (Å²) in [5.41, 5.74) is 1.76. The van der Waals surface area contributed by atoms with Gasteiger partial charge in [0.1, 0.15) is 4.90 Å². The van der Waals surface area contributed by atoms with Crippen molar-refractivity contribution in [2.24, 2.45) is 5.92 Å². The van der Waals surface area contributed by atoms with E-state index in [0.29, 0.717) is 25.2 Å². The van der Waals surface area contributed by atoms with Crippen LogP contribution in [-0.4, -0.2) is 48.8 Å². The highest BCUT2D eigenvalue weighted by molar-refractivity contribution is 7.90. The summed E-state index contributed by atoms with van der Waals surface area (Å²) in [5, 5.41) is 6.80. The summed E-state index contributed by atoms with van der Waals surface area (Å²) in [4.78, 5) is 16.2. The maximum atomic E-state index is 14.0. The molecule has 1 unspecified atom stereocenters. The van der Waals surface area contributed by atoms with Crippen molar-refractivity contribution in [1.29, 1.82) is 0 Å². The van der Waals surface area contributed by atoms with Gasteiger partial charge in [-0.25, -0.2) is 8.42 Å². The summed E-state index contributed by atoms with van der Waals surface area (Å²) in [5.74, 6) is 0.247. The van der Waals surface area contributed by atoms with Crippen molar-refractivity contribution in [2.75, 3.05) is 19.3 Å². The quantitative estimate of drug-likeness (QED) is 0.621. The van der Waals surface area contributed by atoms with Crippen molar-refractivity contribution in [3.05, 3.63) is 83.7 Å². The van der Waals surface area contributed by atoms with Gasteiger partial charge in [-0.05, 0) is 43.2 Å². The zero-order valence-electron chi connectivity index (χ0n) is 18.5. The van der Waals surface area contributed by atoms with Crippen LogP contribution >= 0.6 is 0 Å². The predicted octanol–water partition coefficient (Wildman–Crippen LogP) is 3.60. The normalized spacial score (nSPS) is 17.3. The number of aromatic nitrogens is 2. The number of likely N-dealkylation sites (tertiary alicyclic amines) is 1. The van der Waals surface area contributed by atoms with Gasteiger partial charge >= 0.3 is 0 Å². The fourth-order valence-electron chi connectivity index (χ4n) is 4.75. The Balaban J connectivity index is 1.61. The molecule has 2 aromatic carbocycles. The van der Waals surface area contributed by atoms with E-state index in [4.69, 9.17) is 0 Å². The number of nitrogens with zero attached hydrogens (tertiary/aromatic N) is 2. The summed E-state index contributed by atoms with van der Waals surface area (Å²) in [7, 11) is -3.34. The SMILES string of the molecule is CC(C(=O)N1CCCC(Cc2[nH]ncc2S(C)(=O)=O)C1)(c1ccccc1)c1ccccc1. The lowest BCUT2D eigenvalue weighted by Gasteiger charge is -2.39. The Bertz CT molecular complexity index is 1130. The molecular weight excluding hydrogens is 422 g/mol. The van der Waals surface area contributed by atoms with Crippen LogP contribution in [0.15, 0.2) is 71.8 Å². The Labute approximate surface area is 189 Å². The van der Waals surface area contributed by atoms with Crippen LogP contribution in [0.4, 0.5) is 0 Å². The summed E-state index contributed by atoms with van der Waals surface area (Å²) in [6.07, 6.45) is 4.96. The minimum Gasteiger partial charge on any atom is -0.341 e. The van der Waals surface area contributed by atoms with Crippen LogP contribution in [0.25, 0.3) is 0 Å². The van der Waals surface area contributed by atoms with Crippen molar-refractivity contribution >= 4 is 15.7 Å². The van der Waals surface area contributed by atoms with Gasteiger partial charge < -0.3 is 4.90 Å². The second-order valence-electron chi connectivity index (χ2n) is 8.81. The van der Waals surface area contributed by atoms with Gasteiger partial charge in [0.2, 0.25) is 5.91 Å². The topological polar surface area (TPSA) is 83.1 Å². The van der Waals surface area contributed by atoms with Crippen LogP contribution < -0.4 is 0 Å². The molecule has 32 heavy (non-hydrogen) atoms. The van der Waals surface area contributed by atoms with Gasteiger partial charge in [-0.1, -0.05) is 60.7 Å². The Hall–Kier alpha value is -2.93. The number of piperidine rings is 1. The molecule has 1 N–H and O–H groups in total. The number of H-pyrrole nitrogens is 1. The van der Waals surface area contributed by atoms with Gasteiger partial charge in [-0.3, -0.25) is 9.89 Å². The first kappa shape index (κ1) is 22.3. The lowest BCUT2D eigenvalue weighted by Crippen LogP contribution is -2.50. The fraction of sp³-hybridized carbons (Fsp3) is 0.360. The molecule has 3 aromatic rings. The first-order chi connectivity index (χ1) is 15.3. The Morgan fingerprint density at radius 2 is 1.69 bits per heavy atom. The van der Waals surface area contributed by atoms with E-state index in [2.05, 4.69) is 10.2 Å². The van der Waals surface area contributed by atoms with Crippen molar-refractivity contribution in [1.82, 2.24) is 15.1 Å². The molecule has 0 bridgehead atoms. The molecule has 1 saturated heterocycles. The lowest BCUT2D eigenvalue weighted by molar-refractivity contribution is -0.137. The second kappa shape index (κ2) is 8.90. The van der Waals surface area contributed by atoms with Crippen LogP contribution in [0.5, 0.6) is 0 Å².